The van der Waals surface area contributed by atoms with Crippen LogP contribution in [0.5, 0.6) is 0 Å². The summed E-state index contributed by atoms with van der Waals surface area (Å²) in [4.78, 5) is 24.6. The predicted molar refractivity (Wildman–Crippen MR) is 65.4 cm³/mol. The highest BCUT2D eigenvalue weighted by atomic mass is 35.5. The highest BCUT2D eigenvalue weighted by Gasteiger charge is 2.22. The van der Waals surface area contributed by atoms with Crippen LogP contribution in [0.2, 0.25) is 10.3 Å². The Hall–Kier alpha value is -1.40. The Bertz CT molecular complexity index is 470. The Morgan fingerprint density at radius 1 is 1.41 bits per heavy atom. The summed E-state index contributed by atoms with van der Waals surface area (Å²) in [5.74, 6) is 0.314. The Labute approximate surface area is 108 Å². The molecular formula is C9H9Cl2N5O. The zero-order valence-electron chi connectivity index (χ0n) is 8.94. The van der Waals surface area contributed by atoms with E-state index < -0.39 is 0 Å². The summed E-state index contributed by atoms with van der Waals surface area (Å²) in [7, 11) is 0. The van der Waals surface area contributed by atoms with E-state index in [0.29, 0.717) is 24.7 Å². The van der Waals surface area contributed by atoms with Crippen LogP contribution in [0.15, 0.2) is 11.3 Å². The molecule has 90 valence electrons. The van der Waals surface area contributed by atoms with Gasteiger partial charge >= 0.3 is 0 Å². The minimum atomic E-state index is -0.0992. The molecule has 1 N–H and O–H groups in total. The van der Waals surface area contributed by atoms with E-state index in [1.54, 1.807) is 0 Å². The molecule has 0 atom stereocenters. The minimum absolute atomic E-state index is 0.0992. The van der Waals surface area contributed by atoms with Gasteiger partial charge in [-0.15, -0.1) is 0 Å². The number of anilines is 1. The van der Waals surface area contributed by atoms with Crippen molar-refractivity contribution in [1.82, 2.24) is 14.9 Å². The summed E-state index contributed by atoms with van der Waals surface area (Å²) < 4.78 is 0. The molecule has 0 spiro atoms. The van der Waals surface area contributed by atoms with Gasteiger partial charge in [0.05, 0.1) is 6.54 Å². The lowest BCUT2D eigenvalue weighted by molar-refractivity contribution is -0.124. The van der Waals surface area contributed by atoms with E-state index in [-0.39, 0.29) is 16.2 Å². The number of aromatic nitrogens is 2. The first-order chi connectivity index (χ1) is 8.09. The molecule has 17 heavy (non-hydrogen) atoms. The summed E-state index contributed by atoms with van der Waals surface area (Å²) in [5.41, 5.74) is 0.350. The fraction of sp³-hybridized carbons (Fsp3) is 0.333. The molecule has 6 nitrogen and oxygen atoms in total. The van der Waals surface area contributed by atoms with E-state index in [9.17, 15) is 4.79 Å². The first-order valence-electron chi connectivity index (χ1n) is 4.85. The molecule has 0 radical (unpaired) electrons. The van der Waals surface area contributed by atoms with Crippen molar-refractivity contribution in [3.05, 3.63) is 16.6 Å². The van der Waals surface area contributed by atoms with Gasteiger partial charge in [0.15, 0.2) is 10.3 Å². The van der Waals surface area contributed by atoms with Crippen LogP contribution in [0, 0.1) is 0 Å². The normalized spacial score (nSPS) is 14.8. The standard InChI is InChI=1S/C9H9Cl2N5O/c1-5(17)16-3-2-12-9(16)15-6-7(10)13-4-14-8(6)11/h4H,2-3H2,1H3,(H,12,15). The van der Waals surface area contributed by atoms with Crippen molar-refractivity contribution in [1.29, 1.82) is 0 Å². The Morgan fingerprint density at radius 3 is 2.65 bits per heavy atom. The molecule has 1 aromatic rings. The Balaban J connectivity index is 2.24. The highest BCUT2D eigenvalue weighted by Crippen LogP contribution is 2.26. The van der Waals surface area contributed by atoms with Gasteiger partial charge in [-0.1, -0.05) is 23.2 Å². The van der Waals surface area contributed by atoms with Crippen LogP contribution in [0.4, 0.5) is 5.69 Å². The van der Waals surface area contributed by atoms with Crippen molar-refractivity contribution < 1.29 is 4.79 Å². The maximum absolute atomic E-state index is 11.3. The number of carbonyl (C=O) groups excluding carboxylic acids is 1. The van der Waals surface area contributed by atoms with Crippen molar-refractivity contribution >= 4 is 40.8 Å². The number of carbonyl (C=O) groups is 1. The summed E-state index contributed by atoms with van der Waals surface area (Å²) in [6.07, 6.45) is 1.26. The molecule has 2 heterocycles. The zero-order valence-corrected chi connectivity index (χ0v) is 10.5. The van der Waals surface area contributed by atoms with Crippen molar-refractivity contribution in [3.8, 4) is 0 Å². The second-order valence-electron chi connectivity index (χ2n) is 3.33. The van der Waals surface area contributed by atoms with Gasteiger partial charge < -0.3 is 5.32 Å². The van der Waals surface area contributed by atoms with Crippen LogP contribution in [-0.4, -0.2) is 39.8 Å². The lowest BCUT2D eigenvalue weighted by Crippen LogP contribution is -2.36. The molecule has 0 fully saturated rings. The number of guanidine groups is 1. The molecule has 1 aliphatic heterocycles. The second-order valence-corrected chi connectivity index (χ2v) is 4.05. The molecule has 0 aromatic carbocycles. The van der Waals surface area contributed by atoms with Crippen molar-refractivity contribution in [2.75, 3.05) is 18.4 Å². The molecule has 0 bridgehead atoms. The van der Waals surface area contributed by atoms with Crippen molar-refractivity contribution in [3.63, 3.8) is 0 Å². The average Bonchev–Trinajstić information content (AvgIpc) is 2.72. The third-order valence-electron chi connectivity index (χ3n) is 2.21. The monoisotopic (exact) mass is 273 g/mol. The van der Waals surface area contributed by atoms with E-state index in [1.807, 2.05) is 0 Å². The van der Waals surface area contributed by atoms with Crippen LogP contribution in [0.1, 0.15) is 6.92 Å². The molecule has 1 aromatic heterocycles. The highest BCUT2D eigenvalue weighted by molar-refractivity contribution is 6.38. The molecule has 0 saturated carbocycles. The quantitative estimate of drug-likeness (QED) is 0.786. The number of aliphatic imine (C=N–C) groups is 1. The van der Waals surface area contributed by atoms with E-state index in [0.717, 1.165) is 0 Å². The average molecular weight is 274 g/mol. The largest absolute Gasteiger partial charge is 0.321 e. The number of hydrogen-bond acceptors (Lipinski definition) is 5. The number of hydrogen-bond donors (Lipinski definition) is 1. The van der Waals surface area contributed by atoms with Crippen LogP contribution in [0.25, 0.3) is 0 Å². The SMILES string of the molecule is CC(=O)N1CCN=C1Nc1c(Cl)ncnc1Cl. The van der Waals surface area contributed by atoms with Gasteiger partial charge in [0.2, 0.25) is 11.9 Å². The lowest BCUT2D eigenvalue weighted by Gasteiger charge is -2.17. The predicted octanol–water partition coefficient (Wildman–Crippen LogP) is 1.41. The second kappa shape index (κ2) is 4.85. The maximum Gasteiger partial charge on any atom is 0.226 e. The number of nitrogens with one attached hydrogen (secondary N) is 1. The van der Waals surface area contributed by atoms with Crippen molar-refractivity contribution in [2.24, 2.45) is 4.99 Å². The molecular weight excluding hydrogens is 265 g/mol. The van der Waals surface area contributed by atoms with Gasteiger partial charge in [0.1, 0.15) is 12.0 Å². The van der Waals surface area contributed by atoms with Gasteiger partial charge in [0, 0.05) is 13.5 Å². The van der Waals surface area contributed by atoms with Gasteiger partial charge in [0.25, 0.3) is 0 Å². The number of halogens is 2. The van der Waals surface area contributed by atoms with Gasteiger partial charge in [-0.2, -0.15) is 0 Å². The van der Waals surface area contributed by atoms with Gasteiger partial charge in [-0.25, -0.2) is 9.97 Å². The minimum Gasteiger partial charge on any atom is -0.321 e. The molecule has 0 unspecified atom stereocenters. The maximum atomic E-state index is 11.3. The molecule has 1 amide bonds. The Morgan fingerprint density at radius 2 is 2.06 bits per heavy atom. The van der Waals surface area contributed by atoms with Gasteiger partial charge in [-0.3, -0.25) is 14.7 Å². The summed E-state index contributed by atoms with van der Waals surface area (Å²) in [6.45, 7) is 2.55. The fourth-order valence-electron chi connectivity index (χ4n) is 1.42. The fourth-order valence-corrected chi connectivity index (χ4v) is 1.83. The van der Waals surface area contributed by atoms with Crippen molar-refractivity contribution in [2.45, 2.75) is 6.92 Å². The third-order valence-corrected chi connectivity index (χ3v) is 2.79. The Kier molecular flexibility index (Phi) is 3.44. The summed E-state index contributed by atoms with van der Waals surface area (Å²) >= 11 is 11.8. The van der Waals surface area contributed by atoms with E-state index in [4.69, 9.17) is 23.2 Å². The number of amides is 1. The summed E-state index contributed by atoms with van der Waals surface area (Å²) in [5, 5.41) is 3.24. The van der Waals surface area contributed by atoms with Crippen LogP contribution in [-0.2, 0) is 4.79 Å². The molecule has 2 rings (SSSR count). The zero-order chi connectivity index (χ0) is 12.4. The van der Waals surface area contributed by atoms with Crippen LogP contribution in [0.3, 0.4) is 0 Å². The summed E-state index contributed by atoms with van der Waals surface area (Å²) in [6, 6.07) is 0. The lowest BCUT2D eigenvalue weighted by atomic mass is 10.5. The van der Waals surface area contributed by atoms with Crippen LogP contribution >= 0.6 is 23.2 Å². The topological polar surface area (TPSA) is 70.5 Å². The number of rotatable bonds is 1. The third kappa shape index (κ3) is 2.48. The smallest absolute Gasteiger partial charge is 0.226 e. The van der Waals surface area contributed by atoms with Crippen LogP contribution < -0.4 is 5.32 Å². The molecule has 8 heteroatoms. The first-order valence-corrected chi connectivity index (χ1v) is 5.60. The first kappa shape index (κ1) is 12.1. The number of nitrogens with zero attached hydrogens (tertiary/aromatic N) is 4. The van der Waals surface area contributed by atoms with E-state index >= 15 is 0 Å². The molecule has 0 aliphatic carbocycles. The van der Waals surface area contributed by atoms with Gasteiger partial charge in [-0.05, 0) is 0 Å². The van der Waals surface area contributed by atoms with E-state index in [1.165, 1.54) is 18.2 Å². The molecule has 0 saturated heterocycles. The van der Waals surface area contributed by atoms with E-state index in [2.05, 4.69) is 20.3 Å². The molecule has 1 aliphatic rings.